The first-order valence-corrected chi connectivity index (χ1v) is 7.33. The van der Waals surface area contributed by atoms with Gasteiger partial charge in [0.15, 0.2) is 0 Å². The molecule has 0 radical (unpaired) electrons. The van der Waals surface area contributed by atoms with Crippen LogP contribution in [-0.2, 0) is 4.79 Å². The van der Waals surface area contributed by atoms with Gasteiger partial charge in [-0.05, 0) is 51.0 Å². The lowest BCUT2D eigenvalue weighted by Gasteiger charge is -2.29. The summed E-state index contributed by atoms with van der Waals surface area (Å²) in [6.07, 6.45) is 9.79. The number of halogens is 1. The lowest BCUT2D eigenvalue weighted by atomic mass is 9.83. The topological polar surface area (TPSA) is 41.1 Å². The first-order chi connectivity index (χ1) is 8.29. The molecule has 1 saturated heterocycles. The first kappa shape index (κ1) is 15.8. The molecule has 4 heteroatoms. The van der Waals surface area contributed by atoms with Crippen LogP contribution in [0.3, 0.4) is 0 Å². The van der Waals surface area contributed by atoms with Crippen molar-refractivity contribution in [2.24, 2.45) is 5.92 Å². The predicted molar refractivity (Wildman–Crippen MR) is 77.1 cm³/mol. The Morgan fingerprint density at radius 1 is 1.22 bits per heavy atom. The molecule has 1 aliphatic carbocycles. The second-order valence-electron chi connectivity index (χ2n) is 5.66. The van der Waals surface area contributed by atoms with Gasteiger partial charge < -0.3 is 10.6 Å². The van der Waals surface area contributed by atoms with Crippen LogP contribution in [0, 0.1) is 5.92 Å². The molecule has 2 fully saturated rings. The Hall–Kier alpha value is -0.280. The van der Waals surface area contributed by atoms with Gasteiger partial charge in [-0.1, -0.05) is 19.8 Å². The van der Waals surface area contributed by atoms with E-state index in [1.165, 1.54) is 38.5 Å². The van der Waals surface area contributed by atoms with E-state index in [4.69, 9.17) is 0 Å². The summed E-state index contributed by atoms with van der Waals surface area (Å²) in [6.45, 7) is 3.26. The third-order valence-corrected chi connectivity index (χ3v) is 4.27. The molecule has 0 bridgehead atoms. The highest BCUT2D eigenvalue weighted by molar-refractivity contribution is 5.85. The van der Waals surface area contributed by atoms with Crippen LogP contribution in [0.2, 0.25) is 0 Å². The Morgan fingerprint density at radius 3 is 2.50 bits per heavy atom. The lowest BCUT2D eigenvalue weighted by Crippen LogP contribution is -2.46. The number of nitrogens with one attached hydrogen (secondary N) is 2. The summed E-state index contributed by atoms with van der Waals surface area (Å²) in [6, 6.07) is 0.529. The standard InChI is InChI=1S/C14H26N2O.ClH/c1-2-4-11-6-8-12(9-7-11)16-14(17)13-5-3-10-15-13;/h11-13,15H,2-10H2,1H3,(H,16,17);1H. The zero-order valence-electron chi connectivity index (χ0n) is 11.4. The van der Waals surface area contributed by atoms with Gasteiger partial charge in [-0.3, -0.25) is 4.79 Å². The Labute approximate surface area is 117 Å². The Kier molecular flexibility index (Phi) is 7.02. The second kappa shape index (κ2) is 8.00. The molecule has 2 rings (SSSR count). The van der Waals surface area contributed by atoms with Crippen LogP contribution in [0.1, 0.15) is 58.3 Å². The van der Waals surface area contributed by atoms with Crippen molar-refractivity contribution in [2.75, 3.05) is 6.54 Å². The number of amides is 1. The summed E-state index contributed by atoms with van der Waals surface area (Å²) in [5, 5.41) is 6.48. The fraction of sp³-hybridized carbons (Fsp3) is 0.929. The van der Waals surface area contributed by atoms with E-state index in [9.17, 15) is 4.79 Å². The van der Waals surface area contributed by atoms with E-state index in [2.05, 4.69) is 17.6 Å². The molecule has 1 unspecified atom stereocenters. The molecule has 0 aromatic rings. The Morgan fingerprint density at radius 2 is 1.94 bits per heavy atom. The zero-order valence-corrected chi connectivity index (χ0v) is 12.2. The molecule has 0 spiro atoms. The van der Waals surface area contributed by atoms with E-state index >= 15 is 0 Å². The molecular weight excluding hydrogens is 248 g/mol. The molecular formula is C14H27ClN2O. The molecule has 0 aromatic heterocycles. The van der Waals surface area contributed by atoms with Gasteiger partial charge in [-0.2, -0.15) is 0 Å². The molecule has 18 heavy (non-hydrogen) atoms. The molecule has 0 aromatic carbocycles. The van der Waals surface area contributed by atoms with Gasteiger partial charge in [-0.25, -0.2) is 0 Å². The van der Waals surface area contributed by atoms with E-state index in [0.29, 0.717) is 6.04 Å². The number of carbonyl (C=O) groups excluding carboxylic acids is 1. The maximum absolute atomic E-state index is 11.9. The third kappa shape index (κ3) is 4.43. The SMILES string of the molecule is CCCC1CCC(NC(=O)C2CCCN2)CC1.Cl. The molecule has 1 heterocycles. The molecule has 2 N–H and O–H groups in total. The molecule has 1 amide bonds. The van der Waals surface area contributed by atoms with Gasteiger partial charge in [-0.15, -0.1) is 12.4 Å². The average molecular weight is 275 g/mol. The van der Waals surface area contributed by atoms with Crippen LogP contribution in [0.25, 0.3) is 0 Å². The number of hydrogen-bond donors (Lipinski definition) is 2. The summed E-state index contributed by atoms with van der Waals surface area (Å²) < 4.78 is 0. The summed E-state index contributed by atoms with van der Waals surface area (Å²) in [5.74, 6) is 1.15. The summed E-state index contributed by atoms with van der Waals surface area (Å²) >= 11 is 0. The Bertz CT molecular complexity index is 246. The zero-order chi connectivity index (χ0) is 12.1. The van der Waals surface area contributed by atoms with E-state index in [1.54, 1.807) is 0 Å². The molecule has 3 nitrogen and oxygen atoms in total. The number of carbonyl (C=O) groups is 1. The summed E-state index contributed by atoms with van der Waals surface area (Å²) in [4.78, 5) is 11.9. The number of hydrogen-bond acceptors (Lipinski definition) is 2. The maximum Gasteiger partial charge on any atom is 0.237 e. The summed E-state index contributed by atoms with van der Waals surface area (Å²) in [7, 11) is 0. The van der Waals surface area contributed by atoms with Crippen molar-refractivity contribution < 1.29 is 4.79 Å². The average Bonchev–Trinajstić information content (AvgIpc) is 2.86. The van der Waals surface area contributed by atoms with E-state index in [0.717, 1.165) is 25.3 Å². The highest BCUT2D eigenvalue weighted by atomic mass is 35.5. The molecule has 1 saturated carbocycles. The largest absolute Gasteiger partial charge is 0.352 e. The monoisotopic (exact) mass is 274 g/mol. The maximum atomic E-state index is 11.9. The number of rotatable bonds is 4. The first-order valence-electron chi connectivity index (χ1n) is 7.33. The van der Waals surface area contributed by atoms with Crippen LogP contribution in [0.5, 0.6) is 0 Å². The van der Waals surface area contributed by atoms with Gasteiger partial charge in [0.25, 0.3) is 0 Å². The fourth-order valence-corrected chi connectivity index (χ4v) is 3.21. The smallest absolute Gasteiger partial charge is 0.237 e. The van der Waals surface area contributed by atoms with Crippen molar-refractivity contribution >= 4 is 18.3 Å². The molecule has 1 atom stereocenters. The minimum Gasteiger partial charge on any atom is -0.352 e. The van der Waals surface area contributed by atoms with Crippen molar-refractivity contribution in [1.29, 1.82) is 0 Å². The van der Waals surface area contributed by atoms with Crippen LogP contribution < -0.4 is 10.6 Å². The van der Waals surface area contributed by atoms with Crippen molar-refractivity contribution in [1.82, 2.24) is 10.6 Å². The minimum absolute atomic E-state index is 0. The third-order valence-electron chi connectivity index (χ3n) is 4.27. The fourth-order valence-electron chi connectivity index (χ4n) is 3.21. The van der Waals surface area contributed by atoms with Gasteiger partial charge in [0.2, 0.25) is 5.91 Å². The normalized spacial score (nSPS) is 31.7. The van der Waals surface area contributed by atoms with Crippen LogP contribution in [-0.4, -0.2) is 24.5 Å². The summed E-state index contributed by atoms with van der Waals surface area (Å²) in [5.41, 5.74) is 0. The highest BCUT2D eigenvalue weighted by Gasteiger charge is 2.26. The van der Waals surface area contributed by atoms with Crippen LogP contribution in [0.15, 0.2) is 0 Å². The second-order valence-corrected chi connectivity index (χ2v) is 5.66. The minimum atomic E-state index is 0. The van der Waals surface area contributed by atoms with Crippen LogP contribution >= 0.6 is 12.4 Å². The van der Waals surface area contributed by atoms with Gasteiger partial charge in [0.05, 0.1) is 6.04 Å². The van der Waals surface area contributed by atoms with Gasteiger partial charge >= 0.3 is 0 Å². The molecule has 1 aliphatic heterocycles. The van der Waals surface area contributed by atoms with Crippen molar-refractivity contribution in [3.63, 3.8) is 0 Å². The predicted octanol–water partition coefficient (Wildman–Crippen LogP) is 2.64. The lowest BCUT2D eigenvalue weighted by molar-refractivity contribution is -0.123. The van der Waals surface area contributed by atoms with E-state index in [1.807, 2.05) is 0 Å². The molecule has 106 valence electrons. The van der Waals surface area contributed by atoms with Gasteiger partial charge in [0.1, 0.15) is 0 Å². The van der Waals surface area contributed by atoms with Crippen molar-refractivity contribution in [3.05, 3.63) is 0 Å². The quantitative estimate of drug-likeness (QED) is 0.828. The van der Waals surface area contributed by atoms with Gasteiger partial charge in [0, 0.05) is 6.04 Å². The van der Waals surface area contributed by atoms with Crippen LogP contribution in [0.4, 0.5) is 0 Å². The Balaban J connectivity index is 0.00000162. The molecule has 2 aliphatic rings. The van der Waals surface area contributed by atoms with E-state index in [-0.39, 0.29) is 24.4 Å². The van der Waals surface area contributed by atoms with Crippen molar-refractivity contribution in [3.8, 4) is 0 Å². The van der Waals surface area contributed by atoms with Crippen molar-refractivity contribution in [2.45, 2.75) is 70.4 Å². The van der Waals surface area contributed by atoms with E-state index < -0.39 is 0 Å². The highest BCUT2D eigenvalue weighted by Crippen LogP contribution is 2.27.